The number of carbonyl (C=O) groups excluding carboxylic acids is 3. The monoisotopic (exact) mass is 602 g/mol. The van der Waals surface area contributed by atoms with Crippen LogP contribution < -0.4 is 16.1 Å². The Morgan fingerprint density at radius 2 is 1.53 bits per heavy atom. The second-order valence-corrected chi connectivity index (χ2v) is 13.1. The molecule has 2 aromatic carbocycles. The first-order chi connectivity index (χ1) is 19.6. The van der Waals surface area contributed by atoms with Crippen LogP contribution in [-0.4, -0.2) is 48.4 Å². The minimum Gasteiger partial charge on any atom is -0.455 e. The van der Waals surface area contributed by atoms with Crippen molar-refractivity contribution in [2.24, 2.45) is 0 Å². The first-order valence-electron chi connectivity index (χ1n) is 14.1. The minimum absolute atomic E-state index is 0.00692. The van der Waals surface area contributed by atoms with Crippen molar-refractivity contribution >= 4 is 36.2 Å². The summed E-state index contributed by atoms with van der Waals surface area (Å²) < 4.78 is 52.6. The van der Waals surface area contributed by atoms with Gasteiger partial charge in [-0.2, -0.15) is 0 Å². The number of anilines is 1. The van der Waals surface area contributed by atoms with Crippen LogP contribution in [0, 0.1) is 18.6 Å². The maximum atomic E-state index is 15.2. The molecule has 9 nitrogen and oxygen atoms in total. The van der Waals surface area contributed by atoms with Crippen molar-refractivity contribution in [2.75, 3.05) is 11.9 Å². The highest BCUT2D eigenvalue weighted by atomic mass is 19.1. The molecule has 2 amide bonds. The Morgan fingerprint density at radius 3 is 2.09 bits per heavy atom. The van der Waals surface area contributed by atoms with Crippen LogP contribution in [0.3, 0.4) is 0 Å². The van der Waals surface area contributed by atoms with E-state index in [0.717, 1.165) is 12.1 Å². The Bertz CT molecular complexity index is 1390. The Morgan fingerprint density at radius 1 is 0.930 bits per heavy atom. The van der Waals surface area contributed by atoms with E-state index in [1.165, 1.54) is 18.2 Å². The van der Waals surface area contributed by atoms with Crippen molar-refractivity contribution in [1.29, 1.82) is 0 Å². The zero-order valence-corrected chi connectivity index (χ0v) is 26.5. The van der Waals surface area contributed by atoms with Crippen molar-refractivity contribution in [3.05, 3.63) is 58.7 Å². The van der Waals surface area contributed by atoms with Crippen LogP contribution in [-0.2, 0) is 29.2 Å². The summed E-state index contributed by atoms with van der Waals surface area (Å²) in [5, 5.41) is 5.06. The summed E-state index contributed by atoms with van der Waals surface area (Å²) in [6.45, 7) is 17.5. The van der Waals surface area contributed by atoms with E-state index in [1.54, 1.807) is 41.5 Å². The van der Waals surface area contributed by atoms with Crippen LogP contribution in [0.15, 0.2) is 30.3 Å². The van der Waals surface area contributed by atoms with Gasteiger partial charge in [0.1, 0.15) is 22.8 Å². The van der Waals surface area contributed by atoms with Crippen molar-refractivity contribution in [3.8, 4) is 0 Å². The van der Waals surface area contributed by atoms with E-state index in [-0.39, 0.29) is 24.2 Å². The van der Waals surface area contributed by atoms with Gasteiger partial charge in [-0.3, -0.25) is 9.59 Å². The third-order valence-corrected chi connectivity index (χ3v) is 7.44. The standard InChI is InChI=1S/C31H41BF2N2O7/c1-18-22(32-42-30(7,8)31(9,10)43-32)16-20(33)17-24(18)36-26(38)21-12-11-19(15-23(21)34)29(5,6)40-25(37)13-14-35-27(39)41-28(2,3)4/h11-12,15-17H,13-14H2,1-10H3,(H,35,39)(H,36,38). The molecule has 43 heavy (non-hydrogen) atoms. The fraction of sp³-hybridized carbons (Fsp3) is 0.516. The summed E-state index contributed by atoms with van der Waals surface area (Å²) >= 11 is 0. The van der Waals surface area contributed by atoms with Gasteiger partial charge in [0.2, 0.25) is 0 Å². The number of rotatable bonds is 8. The highest BCUT2D eigenvalue weighted by Gasteiger charge is 2.52. The Labute approximate surface area is 252 Å². The third-order valence-electron chi connectivity index (χ3n) is 7.44. The van der Waals surface area contributed by atoms with Gasteiger partial charge in [-0.15, -0.1) is 0 Å². The van der Waals surface area contributed by atoms with Crippen LogP contribution >= 0.6 is 0 Å². The Kier molecular flexibility index (Phi) is 9.68. The van der Waals surface area contributed by atoms with Crippen molar-refractivity contribution in [3.63, 3.8) is 0 Å². The number of esters is 1. The predicted molar refractivity (Wildman–Crippen MR) is 159 cm³/mol. The van der Waals surface area contributed by atoms with Gasteiger partial charge in [0, 0.05) is 12.2 Å². The van der Waals surface area contributed by atoms with E-state index < -0.39 is 59.1 Å². The molecule has 0 atom stereocenters. The largest absolute Gasteiger partial charge is 0.495 e. The maximum Gasteiger partial charge on any atom is 0.495 e. The molecule has 0 saturated carbocycles. The molecule has 12 heteroatoms. The highest BCUT2D eigenvalue weighted by Crippen LogP contribution is 2.37. The lowest BCUT2D eigenvalue weighted by Crippen LogP contribution is -2.41. The zero-order valence-electron chi connectivity index (χ0n) is 26.5. The van der Waals surface area contributed by atoms with Gasteiger partial charge in [0.05, 0.1) is 23.2 Å². The second-order valence-electron chi connectivity index (χ2n) is 13.1. The maximum absolute atomic E-state index is 15.2. The minimum atomic E-state index is -1.24. The molecule has 0 radical (unpaired) electrons. The Balaban J connectivity index is 1.69. The zero-order chi connectivity index (χ0) is 32.5. The smallest absolute Gasteiger partial charge is 0.455 e. The van der Waals surface area contributed by atoms with E-state index in [0.29, 0.717) is 16.6 Å². The van der Waals surface area contributed by atoms with E-state index in [1.807, 2.05) is 27.7 Å². The fourth-order valence-corrected chi connectivity index (χ4v) is 4.28. The average molecular weight is 602 g/mol. The number of carbonyl (C=O) groups is 3. The number of ether oxygens (including phenoxy) is 2. The lowest BCUT2D eigenvalue weighted by Gasteiger charge is -2.32. The molecular weight excluding hydrogens is 561 g/mol. The molecular formula is C31H41BF2N2O7. The summed E-state index contributed by atoms with van der Waals surface area (Å²) in [5.74, 6) is -2.89. The average Bonchev–Trinajstić information content (AvgIpc) is 3.05. The van der Waals surface area contributed by atoms with Gasteiger partial charge >= 0.3 is 19.2 Å². The van der Waals surface area contributed by atoms with Crippen LogP contribution in [0.4, 0.5) is 19.3 Å². The first-order valence-corrected chi connectivity index (χ1v) is 14.1. The molecule has 1 aliphatic rings. The molecule has 0 spiro atoms. The number of amides is 2. The van der Waals surface area contributed by atoms with Crippen LogP contribution in [0.1, 0.15) is 90.2 Å². The quantitative estimate of drug-likeness (QED) is 0.303. The number of hydrogen-bond acceptors (Lipinski definition) is 7. The molecule has 1 saturated heterocycles. The van der Waals surface area contributed by atoms with Gasteiger partial charge in [-0.05, 0) is 110 Å². The molecule has 0 unspecified atom stereocenters. The van der Waals surface area contributed by atoms with Gasteiger partial charge in [0.25, 0.3) is 5.91 Å². The summed E-state index contributed by atoms with van der Waals surface area (Å²) in [7, 11) is -0.856. The van der Waals surface area contributed by atoms with Gasteiger partial charge in [-0.25, -0.2) is 13.6 Å². The molecule has 3 rings (SSSR count). The molecule has 0 bridgehead atoms. The highest BCUT2D eigenvalue weighted by molar-refractivity contribution is 6.62. The van der Waals surface area contributed by atoms with Gasteiger partial charge < -0.3 is 29.4 Å². The van der Waals surface area contributed by atoms with Gasteiger partial charge in [-0.1, -0.05) is 6.07 Å². The van der Waals surface area contributed by atoms with Crippen LogP contribution in [0.2, 0.25) is 0 Å². The SMILES string of the molecule is Cc1c(NC(=O)c2ccc(C(C)(C)OC(=O)CCNC(=O)OC(C)(C)C)cc2F)cc(F)cc1B1OC(C)(C)C(C)(C)O1. The molecule has 2 aromatic rings. The van der Waals surface area contributed by atoms with E-state index in [2.05, 4.69) is 10.6 Å². The fourth-order valence-electron chi connectivity index (χ4n) is 4.28. The molecule has 1 heterocycles. The third kappa shape index (κ3) is 8.32. The number of alkyl carbamates (subject to hydrolysis) is 1. The van der Waals surface area contributed by atoms with E-state index >= 15 is 4.39 Å². The Hall–Kier alpha value is -3.51. The summed E-state index contributed by atoms with van der Waals surface area (Å²) in [4.78, 5) is 37.2. The lowest BCUT2D eigenvalue weighted by atomic mass is 9.75. The number of halogens is 2. The first kappa shape index (κ1) is 34.0. The molecule has 0 aromatic heterocycles. The molecule has 2 N–H and O–H groups in total. The second kappa shape index (κ2) is 12.2. The van der Waals surface area contributed by atoms with Crippen molar-refractivity contribution in [1.82, 2.24) is 5.32 Å². The topological polar surface area (TPSA) is 112 Å². The number of hydrogen-bond donors (Lipinski definition) is 2. The van der Waals surface area contributed by atoms with E-state index in [4.69, 9.17) is 18.8 Å². The van der Waals surface area contributed by atoms with Crippen LogP contribution in [0.5, 0.6) is 0 Å². The summed E-state index contributed by atoms with van der Waals surface area (Å²) in [5.41, 5.74) is -2.12. The molecule has 0 aliphatic carbocycles. The van der Waals surface area contributed by atoms with Crippen LogP contribution in [0.25, 0.3) is 0 Å². The summed E-state index contributed by atoms with van der Waals surface area (Å²) in [6, 6.07) is 6.28. The molecule has 234 valence electrons. The molecule has 1 fully saturated rings. The lowest BCUT2D eigenvalue weighted by molar-refractivity contribution is -0.157. The normalized spacial score (nSPS) is 16.0. The number of nitrogens with one attached hydrogen (secondary N) is 2. The van der Waals surface area contributed by atoms with Gasteiger partial charge in [0.15, 0.2) is 0 Å². The summed E-state index contributed by atoms with van der Waals surface area (Å²) in [6.07, 6.45) is -0.791. The predicted octanol–water partition coefficient (Wildman–Crippen LogP) is 5.52. The van der Waals surface area contributed by atoms with Crippen molar-refractivity contribution < 1.29 is 41.9 Å². The molecule has 1 aliphatic heterocycles. The van der Waals surface area contributed by atoms with E-state index in [9.17, 15) is 18.8 Å². The van der Waals surface area contributed by atoms with Crippen molar-refractivity contribution in [2.45, 2.75) is 98.1 Å². The number of benzene rings is 2.